The molecule has 0 aliphatic heterocycles. The first-order valence-corrected chi connectivity index (χ1v) is 21.1. The van der Waals surface area contributed by atoms with Crippen LogP contribution in [-0.4, -0.2) is 39.9 Å². The van der Waals surface area contributed by atoms with Crippen LogP contribution >= 0.6 is 0 Å². The molecule has 0 fully saturated rings. The molecule has 64 heavy (non-hydrogen) atoms. The van der Waals surface area contributed by atoms with Crippen molar-refractivity contribution in [2.24, 2.45) is 0 Å². The lowest BCUT2D eigenvalue weighted by Gasteiger charge is -2.13. The maximum absolute atomic E-state index is 5.18. The second kappa shape index (κ2) is 15.5. The van der Waals surface area contributed by atoms with Crippen molar-refractivity contribution in [1.82, 2.24) is 39.9 Å². The molecule has 0 saturated carbocycles. The molecular formula is C56H34N8. The molecule has 8 heteroatoms. The zero-order valence-electron chi connectivity index (χ0n) is 34.2. The summed E-state index contributed by atoms with van der Waals surface area (Å²) in [4.78, 5) is 39.7. The highest BCUT2D eigenvalue weighted by Crippen LogP contribution is 2.36. The Kier molecular flexibility index (Phi) is 8.97. The summed E-state index contributed by atoms with van der Waals surface area (Å²) >= 11 is 0. The van der Waals surface area contributed by atoms with Crippen molar-refractivity contribution in [1.29, 1.82) is 0 Å². The van der Waals surface area contributed by atoms with Crippen LogP contribution in [0.4, 0.5) is 0 Å². The van der Waals surface area contributed by atoms with E-state index in [4.69, 9.17) is 39.9 Å². The molecule has 0 bridgehead atoms. The summed E-state index contributed by atoms with van der Waals surface area (Å²) in [6.07, 6.45) is 7.29. The van der Waals surface area contributed by atoms with E-state index < -0.39 is 0 Å². The second-order valence-electron chi connectivity index (χ2n) is 15.6. The molecule has 0 aliphatic rings. The van der Waals surface area contributed by atoms with Gasteiger partial charge >= 0.3 is 0 Å². The van der Waals surface area contributed by atoms with E-state index in [1.54, 1.807) is 0 Å². The summed E-state index contributed by atoms with van der Waals surface area (Å²) in [6.45, 7) is 0. The largest absolute Gasteiger partial charge is 0.256 e. The molecule has 0 aliphatic carbocycles. The Morgan fingerprint density at radius 2 is 0.484 bits per heavy atom. The molecule has 0 radical (unpaired) electrons. The molecule has 0 spiro atoms. The van der Waals surface area contributed by atoms with Gasteiger partial charge in [-0.05, 0) is 47.5 Å². The number of pyridine rings is 4. The smallest absolute Gasteiger partial charge is 0.160 e. The van der Waals surface area contributed by atoms with Gasteiger partial charge in [0.15, 0.2) is 11.6 Å². The van der Waals surface area contributed by atoms with Crippen LogP contribution in [-0.2, 0) is 0 Å². The minimum absolute atomic E-state index is 0.617. The van der Waals surface area contributed by atoms with Gasteiger partial charge in [0.05, 0.1) is 44.8 Å². The van der Waals surface area contributed by atoms with Crippen molar-refractivity contribution in [2.75, 3.05) is 0 Å². The van der Waals surface area contributed by atoms with E-state index in [1.165, 1.54) is 0 Å². The lowest BCUT2D eigenvalue weighted by atomic mass is 10.00. The maximum Gasteiger partial charge on any atom is 0.160 e. The Hall–Kier alpha value is -8.88. The van der Waals surface area contributed by atoms with Crippen LogP contribution in [0.2, 0.25) is 0 Å². The fourth-order valence-electron chi connectivity index (χ4n) is 8.57. The van der Waals surface area contributed by atoms with Gasteiger partial charge in [0.2, 0.25) is 0 Å². The summed E-state index contributed by atoms with van der Waals surface area (Å²) in [5.41, 5.74) is 14.4. The SMILES string of the molecule is c1cnc2c(-c3cc(-c4cccc5cccnc45)nc(-c4ccc(-c5ccc(-c6nc(-c7cccc8cccnc78)cc(-c7cccc8cccnc78)n6)cc5)cc4)n3)cccc2c1. The van der Waals surface area contributed by atoms with Crippen LogP contribution < -0.4 is 0 Å². The monoisotopic (exact) mass is 818 g/mol. The molecule has 6 heterocycles. The van der Waals surface area contributed by atoms with Crippen molar-refractivity contribution in [2.45, 2.75) is 0 Å². The van der Waals surface area contributed by atoms with E-state index in [2.05, 4.69) is 121 Å². The van der Waals surface area contributed by atoms with E-state index in [9.17, 15) is 0 Å². The quantitative estimate of drug-likeness (QED) is 0.157. The standard InChI is InChI=1S/C56H34N8/c1-9-37-13-5-29-57-51(37)43(17-1)47-33-48(44-18-2-10-38-14-6-30-58-52(38)44)62-55(61-47)41-25-21-35(22-26-41)36-23-27-42(28-24-36)56-63-49(45-19-3-11-39-15-7-31-59-53(39)45)34-50(64-56)46-20-4-12-40-16-8-32-60-54(40)46/h1-34H. The van der Waals surface area contributed by atoms with Gasteiger partial charge < -0.3 is 0 Å². The Labute approximate surface area is 367 Å². The van der Waals surface area contributed by atoms with Crippen molar-refractivity contribution in [3.05, 3.63) is 207 Å². The van der Waals surface area contributed by atoms with Crippen molar-refractivity contribution >= 4 is 43.6 Å². The zero-order valence-corrected chi connectivity index (χ0v) is 34.2. The average molecular weight is 819 g/mol. The Balaban J connectivity index is 0.925. The van der Waals surface area contributed by atoms with Gasteiger partial charge in [-0.3, -0.25) is 19.9 Å². The highest BCUT2D eigenvalue weighted by atomic mass is 14.9. The number of nitrogens with zero attached hydrogens (tertiary/aromatic N) is 8. The van der Waals surface area contributed by atoms with Gasteiger partial charge in [0.25, 0.3) is 0 Å². The molecule has 0 atom stereocenters. The molecule has 0 saturated heterocycles. The minimum Gasteiger partial charge on any atom is -0.256 e. The van der Waals surface area contributed by atoms with E-state index in [-0.39, 0.29) is 0 Å². The lowest BCUT2D eigenvalue weighted by molar-refractivity contribution is 1.18. The summed E-state index contributed by atoms with van der Waals surface area (Å²) < 4.78 is 0. The van der Waals surface area contributed by atoms with Crippen LogP contribution in [0.5, 0.6) is 0 Å². The average Bonchev–Trinajstić information content (AvgIpc) is 3.38. The molecule has 0 unspecified atom stereocenters. The van der Waals surface area contributed by atoms with Crippen molar-refractivity contribution < 1.29 is 0 Å². The Morgan fingerprint density at radius 3 is 0.766 bits per heavy atom. The normalized spacial score (nSPS) is 11.4. The first-order valence-electron chi connectivity index (χ1n) is 21.1. The fourth-order valence-corrected chi connectivity index (χ4v) is 8.57. The molecule has 0 amide bonds. The van der Waals surface area contributed by atoms with Gasteiger partial charge in [0, 0.05) is 79.7 Å². The third kappa shape index (κ3) is 6.67. The first kappa shape index (κ1) is 36.9. The predicted octanol–water partition coefficient (Wildman–Crippen LogP) is 13.1. The molecule has 0 N–H and O–H groups in total. The van der Waals surface area contributed by atoms with Crippen LogP contribution in [0.3, 0.4) is 0 Å². The maximum atomic E-state index is 5.18. The highest BCUT2D eigenvalue weighted by molar-refractivity contribution is 5.98. The van der Waals surface area contributed by atoms with Crippen LogP contribution in [0, 0.1) is 0 Å². The summed E-state index contributed by atoms with van der Waals surface area (Å²) in [7, 11) is 0. The highest BCUT2D eigenvalue weighted by Gasteiger charge is 2.18. The lowest BCUT2D eigenvalue weighted by Crippen LogP contribution is -1.98. The van der Waals surface area contributed by atoms with Gasteiger partial charge in [-0.25, -0.2) is 19.9 Å². The number of rotatable bonds is 7. The summed E-state index contributed by atoms with van der Waals surface area (Å²) in [5.74, 6) is 1.23. The topological polar surface area (TPSA) is 103 Å². The minimum atomic E-state index is 0.617. The number of aromatic nitrogens is 8. The van der Waals surface area contributed by atoms with Gasteiger partial charge in [-0.1, -0.05) is 146 Å². The molecular weight excluding hydrogens is 785 g/mol. The number of hydrogen-bond acceptors (Lipinski definition) is 8. The number of benzene rings is 6. The molecule has 12 rings (SSSR count). The third-order valence-corrected chi connectivity index (χ3v) is 11.7. The predicted molar refractivity (Wildman–Crippen MR) is 257 cm³/mol. The van der Waals surface area contributed by atoms with Gasteiger partial charge in [0.1, 0.15) is 0 Å². The van der Waals surface area contributed by atoms with Crippen molar-refractivity contribution in [3.63, 3.8) is 0 Å². The number of hydrogen-bond donors (Lipinski definition) is 0. The molecule has 12 aromatic rings. The van der Waals surface area contributed by atoms with Gasteiger partial charge in [-0.2, -0.15) is 0 Å². The van der Waals surface area contributed by atoms with E-state index in [1.807, 2.05) is 85.5 Å². The van der Waals surface area contributed by atoms with Crippen LogP contribution in [0.1, 0.15) is 0 Å². The summed E-state index contributed by atoms with van der Waals surface area (Å²) in [6, 6.07) is 61.8. The Bertz CT molecular complexity index is 3270. The number of fused-ring (bicyclic) bond motifs is 4. The number of para-hydroxylation sites is 4. The Morgan fingerprint density at radius 1 is 0.234 bits per heavy atom. The zero-order chi connectivity index (χ0) is 42.4. The molecule has 6 aromatic carbocycles. The fraction of sp³-hybridized carbons (Fsp3) is 0. The molecule has 6 aromatic heterocycles. The van der Waals surface area contributed by atoms with E-state index >= 15 is 0 Å². The van der Waals surface area contributed by atoms with Gasteiger partial charge in [-0.15, -0.1) is 0 Å². The summed E-state index contributed by atoms with van der Waals surface area (Å²) in [5, 5.41) is 4.20. The van der Waals surface area contributed by atoms with Crippen LogP contribution in [0.25, 0.3) is 123 Å². The first-order chi connectivity index (χ1) is 31.7. The van der Waals surface area contributed by atoms with E-state index in [0.29, 0.717) is 11.6 Å². The van der Waals surface area contributed by atoms with E-state index in [0.717, 1.165) is 111 Å². The third-order valence-electron chi connectivity index (χ3n) is 11.7. The van der Waals surface area contributed by atoms with Crippen LogP contribution in [0.15, 0.2) is 207 Å². The molecule has 8 nitrogen and oxygen atoms in total. The molecule has 298 valence electrons. The second-order valence-corrected chi connectivity index (χ2v) is 15.6. The van der Waals surface area contributed by atoms with Crippen molar-refractivity contribution in [3.8, 4) is 78.9 Å².